The minimum Gasteiger partial charge on any atom is -0.508 e. The zero-order valence-corrected chi connectivity index (χ0v) is 27.0. The van der Waals surface area contributed by atoms with Gasteiger partial charge in [-0.25, -0.2) is 0 Å². The average Bonchev–Trinajstić information content (AvgIpc) is 3.15. The van der Waals surface area contributed by atoms with Crippen molar-refractivity contribution in [1.29, 1.82) is 0 Å². The van der Waals surface area contributed by atoms with Crippen LogP contribution in [0.1, 0.15) is 30.0 Å². The van der Waals surface area contributed by atoms with Crippen LogP contribution in [-0.4, -0.2) is 10.2 Å². The van der Waals surface area contributed by atoms with Crippen LogP contribution >= 0.6 is 0 Å². The van der Waals surface area contributed by atoms with E-state index >= 15 is 0 Å². The van der Waals surface area contributed by atoms with Crippen LogP contribution in [0.15, 0.2) is 188 Å². The number of benzene rings is 7. The minimum atomic E-state index is -0.317. The summed E-state index contributed by atoms with van der Waals surface area (Å²) in [6.45, 7) is 2.16. The molecule has 3 N–H and O–H groups in total. The number of hydrogen-bond donors (Lipinski definition) is 3. The van der Waals surface area contributed by atoms with E-state index in [0.29, 0.717) is 0 Å². The maximum Gasteiger partial charge on any atom is 0.115 e. The standard InChI is InChI=1S/C24H19N.C21H20O2/c1-3-11-19(12-4-1)21-15-7-9-17-23(21)25-24-18-10-8-16-22(24)20-13-5-2-6-14-20;1-2-21(16-6-4-3-5-7-16,17-8-12-19(22)13-9-17)18-10-14-20(23)15-11-18/h1-18,25H;3-15,22-23H,2H2,1H3. The van der Waals surface area contributed by atoms with Gasteiger partial charge in [0.1, 0.15) is 11.5 Å². The molecule has 3 heteroatoms. The number of anilines is 2. The summed E-state index contributed by atoms with van der Waals surface area (Å²) in [6.07, 6.45) is 0.868. The Balaban J connectivity index is 0.000000168. The molecule has 0 heterocycles. The van der Waals surface area contributed by atoms with E-state index in [9.17, 15) is 10.2 Å². The Hall–Kier alpha value is -6.06. The highest BCUT2D eigenvalue weighted by Crippen LogP contribution is 2.43. The van der Waals surface area contributed by atoms with Gasteiger partial charge in [0.2, 0.25) is 0 Å². The van der Waals surface area contributed by atoms with Gasteiger partial charge in [-0.2, -0.15) is 0 Å². The molecule has 236 valence electrons. The fourth-order valence-corrected chi connectivity index (χ4v) is 6.40. The van der Waals surface area contributed by atoms with Crippen molar-refractivity contribution in [1.82, 2.24) is 0 Å². The number of para-hydroxylation sites is 2. The van der Waals surface area contributed by atoms with E-state index in [1.807, 2.05) is 54.6 Å². The number of phenols is 2. The molecule has 0 aliphatic rings. The molecule has 0 saturated carbocycles. The molecule has 3 nitrogen and oxygen atoms in total. The number of rotatable bonds is 8. The predicted octanol–water partition coefficient (Wildman–Crippen LogP) is 11.6. The summed E-state index contributed by atoms with van der Waals surface area (Å²) in [7, 11) is 0. The number of phenolic OH excluding ortho intramolecular Hbond substituents is 2. The molecule has 0 radical (unpaired) electrons. The highest BCUT2D eigenvalue weighted by molar-refractivity contribution is 5.86. The van der Waals surface area contributed by atoms with Crippen LogP contribution < -0.4 is 5.32 Å². The second-order valence-corrected chi connectivity index (χ2v) is 11.7. The van der Waals surface area contributed by atoms with Crippen molar-refractivity contribution in [2.24, 2.45) is 0 Å². The lowest BCUT2D eigenvalue weighted by atomic mass is 9.68. The topological polar surface area (TPSA) is 52.5 Å². The molecule has 0 amide bonds. The van der Waals surface area contributed by atoms with Gasteiger partial charge < -0.3 is 15.5 Å². The van der Waals surface area contributed by atoms with Gasteiger partial charge in [0, 0.05) is 27.9 Å². The van der Waals surface area contributed by atoms with Crippen molar-refractivity contribution in [3.63, 3.8) is 0 Å². The lowest BCUT2D eigenvalue weighted by molar-refractivity contribution is 0.473. The van der Waals surface area contributed by atoms with Gasteiger partial charge in [-0.15, -0.1) is 0 Å². The third-order valence-electron chi connectivity index (χ3n) is 8.81. The first-order valence-corrected chi connectivity index (χ1v) is 16.3. The van der Waals surface area contributed by atoms with E-state index < -0.39 is 0 Å². The monoisotopic (exact) mass is 625 g/mol. The van der Waals surface area contributed by atoms with Gasteiger partial charge in [0.15, 0.2) is 0 Å². The van der Waals surface area contributed by atoms with Crippen molar-refractivity contribution in [2.45, 2.75) is 18.8 Å². The summed E-state index contributed by atoms with van der Waals surface area (Å²) < 4.78 is 0. The van der Waals surface area contributed by atoms with Gasteiger partial charge in [-0.3, -0.25) is 0 Å². The van der Waals surface area contributed by atoms with Crippen molar-refractivity contribution in [2.75, 3.05) is 5.32 Å². The molecule has 0 atom stereocenters. The molecular formula is C45H39NO2. The zero-order valence-electron chi connectivity index (χ0n) is 27.0. The van der Waals surface area contributed by atoms with E-state index in [4.69, 9.17) is 0 Å². The van der Waals surface area contributed by atoms with Crippen LogP contribution in [0.25, 0.3) is 22.3 Å². The number of nitrogens with one attached hydrogen (secondary N) is 1. The lowest BCUT2D eigenvalue weighted by Crippen LogP contribution is -2.28. The number of aromatic hydroxyl groups is 2. The van der Waals surface area contributed by atoms with Crippen LogP contribution in [-0.2, 0) is 5.41 Å². The molecule has 48 heavy (non-hydrogen) atoms. The number of hydrogen-bond acceptors (Lipinski definition) is 3. The lowest BCUT2D eigenvalue weighted by Gasteiger charge is -2.35. The predicted molar refractivity (Wildman–Crippen MR) is 200 cm³/mol. The summed E-state index contributed by atoms with van der Waals surface area (Å²) in [5.41, 5.74) is 10.2. The van der Waals surface area contributed by atoms with E-state index in [0.717, 1.165) is 28.9 Å². The first kappa shape index (κ1) is 31.9. The first-order chi connectivity index (χ1) is 23.6. The molecule has 0 aliphatic heterocycles. The smallest absolute Gasteiger partial charge is 0.115 e. The molecule has 7 rings (SSSR count). The quantitative estimate of drug-likeness (QED) is 0.147. The third-order valence-corrected chi connectivity index (χ3v) is 8.81. The summed E-state index contributed by atoms with van der Waals surface area (Å²) in [6, 6.07) is 63.0. The molecule has 0 spiro atoms. The van der Waals surface area contributed by atoms with Gasteiger partial charge in [-0.05, 0) is 70.6 Å². The van der Waals surface area contributed by atoms with E-state index in [-0.39, 0.29) is 16.9 Å². The second kappa shape index (κ2) is 15.0. The molecule has 7 aromatic rings. The fraction of sp³-hybridized carbons (Fsp3) is 0.0667. The summed E-state index contributed by atoms with van der Waals surface area (Å²) in [4.78, 5) is 0. The third kappa shape index (κ3) is 7.01. The second-order valence-electron chi connectivity index (χ2n) is 11.7. The van der Waals surface area contributed by atoms with E-state index in [2.05, 4.69) is 121 Å². The summed E-state index contributed by atoms with van der Waals surface area (Å²) in [5, 5.41) is 22.9. The Morgan fingerprint density at radius 3 is 1.12 bits per heavy atom. The van der Waals surface area contributed by atoms with Gasteiger partial charge >= 0.3 is 0 Å². The fourth-order valence-electron chi connectivity index (χ4n) is 6.40. The molecule has 0 aromatic heterocycles. The molecular weight excluding hydrogens is 587 g/mol. The van der Waals surface area contributed by atoms with Crippen LogP contribution in [0.2, 0.25) is 0 Å². The highest BCUT2D eigenvalue weighted by Gasteiger charge is 2.34. The van der Waals surface area contributed by atoms with Crippen LogP contribution in [0, 0.1) is 0 Å². The Morgan fingerprint density at radius 1 is 0.396 bits per heavy atom. The molecule has 0 fully saturated rings. The molecule has 0 saturated heterocycles. The summed E-state index contributed by atoms with van der Waals surface area (Å²) >= 11 is 0. The highest BCUT2D eigenvalue weighted by atomic mass is 16.3. The molecule has 0 unspecified atom stereocenters. The minimum absolute atomic E-state index is 0.262. The van der Waals surface area contributed by atoms with Crippen LogP contribution in [0.5, 0.6) is 11.5 Å². The maximum atomic E-state index is 9.64. The molecule has 0 aliphatic carbocycles. The van der Waals surface area contributed by atoms with Gasteiger partial charge in [0.05, 0.1) is 0 Å². The van der Waals surface area contributed by atoms with Crippen molar-refractivity contribution < 1.29 is 10.2 Å². The molecule has 7 aromatic carbocycles. The van der Waals surface area contributed by atoms with Crippen LogP contribution in [0.3, 0.4) is 0 Å². The Morgan fingerprint density at radius 2 is 0.729 bits per heavy atom. The SMILES string of the molecule is CCC(c1ccccc1)(c1ccc(O)cc1)c1ccc(O)cc1.c1ccc(-c2ccccc2Nc2ccccc2-c2ccccc2)cc1. The summed E-state index contributed by atoms with van der Waals surface area (Å²) in [5.74, 6) is 0.523. The first-order valence-electron chi connectivity index (χ1n) is 16.3. The Bertz CT molecular complexity index is 1900. The zero-order chi connectivity index (χ0) is 33.2. The largest absolute Gasteiger partial charge is 0.508 e. The Labute approximate surface area is 283 Å². The Kier molecular flexibility index (Phi) is 9.98. The van der Waals surface area contributed by atoms with Crippen molar-refractivity contribution >= 4 is 11.4 Å². The van der Waals surface area contributed by atoms with E-state index in [1.165, 1.54) is 27.8 Å². The van der Waals surface area contributed by atoms with Crippen molar-refractivity contribution in [3.05, 3.63) is 205 Å². The maximum absolute atomic E-state index is 9.64. The average molecular weight is 626 g/mol. The van der Waals surface area contributed by atoms with Crippen molar-refractivity contribution in [3.8, 4) is 33.8 Å². The normalized spacial score (nSPS) is 10.9. The van der Waals surface area contributed by atoms with E-state index in [1.54, 1.807) is 24.3 Å². The van der Waals surface area contributed by atoms with Crippen LogP contribution in [0.4, 0.5) is 11.4 Å². The van der Waals surface area contributed by atoms with Gasteiger partial charge in [0.25, 0.3) is 0 Å². The van der Waals surface area contributed by atoms with Gasteiger partial charge in [-0.1, -0.05) is 159 Å². The molecule has 0 bridgehead atoms.